The Balaban J connectivity index is 2.71. The first-order valence-corrected chi connectivity index (χ1v) is 5.71. The standard InChI is InChI=1S/C12H18N2O3/c1-12(2,8-13)11(16)14-6-4-5-9(7-14)10(15)17-3/h9H,4-7H2,1-3H3. The highest BCUT2D eigenvalue weighted by atomic mass is 16.5. The Labute approximate surface area is 101 Å². The molecule has 1 saturated heterocycles. The van der Waals surface area contributed by atoms with E-state index in [0.29, 0.717) is 13.1 Å². The van der Waals surface area contributed by atoms with Crippen LogP contribution in [0.5, 0.6) is 0 Å². The highest BCUT2D eigenvalue weighted by Crippen LogP contribution is 2.23. The van der Waals surface area contributed by atoms with Gasteiger partial charge >= 0.3 is 5.97 Å². The van der Waals surface area contributed by atoms with Gasteiger partial charge in [0.05, 0.1) is 19.1 Å². The molecule has 0 aliphatic carbocycles. The maximum Gasteiger partial charge on any atom is 0.310 e. The lowest BCUT2D eigenvalue weighted by molar-refractivity contribution is -0.150. The average molecular weight is 238 g/mol. The molecule has 1 heterocycles. The molecule has 17 heavy (non-hydrogen) atoms. The van der Waals surface area contributed by atoms with Crippen LogP contribution in [0.2, 0.25) is 0 Å². The van der Waals surface area contributed by atoms with Crippen molar-refractivity contribution in [2.75, 3.05) is 20.2 Å². The summed E-state index contributed by atoms with van der Waals surface area (Å²) in [6.07, 6.45) is 1.51. The third-order valence-electron chi connectivity index (χ3n) is 3.06. The SMILES string of the molecule is COC(=O)C1CCCN(C(=O)C(C)(C)C#N)C1. The Morgan fingerprint density at radius 1 is 1.47 bits per heavy atom. The van der Waals surface area contributed by atoms with Crippen molar-refractivity contribution < 1.29 is 14.3 Å². The van der Waals surface area contributed by atoms with E-state index in [-0.39, 0.29) is 17.8 Å². The molecular weight excluding hydrogens is 220 g/mol. The minimum absolute atomic E-state index is 0.214. The van der Waals surface area contributed by atoms with Gasteiger partial charge in [-0.15, -0.1) is 0 Å². The summed E-state index contributed by atoms with van der Waals surface area (Å²) in [5.74, 6) is -0.752. The van der Waals surface area contributed by atoms with Crippen LogP contribution in [0.3, 0.4) is 0 Å². The molecule has 1 fully saturated rings. The molecule has 0 saturated carbocycles. The van der Waals surface area contributed by atoms with Crippen LogP contribution in [0.25, 0.3) is 0 Å². The van der Waals surface area contributed by atoms with Crippen molar-refractivity contribution in [3.8, 4) is 6.07 Å². The van der Waals surface area contributed by atoms with Gasteiger partial charge in [-0.1, -0.05) is 0 Å². The van der Waals surface area contributed by atoms with Crippen molar-refractivity contribution in [2.45, 2.75) is 26.7 Å². The number of hydrogen-bond donors (Lipinski definition) is 0. The van der Waals surface area contributed by atoms with E-state index < -0.39 is 5.41 Å². The maximum atomic E-state index is 12.1. The zero-order valence-electron chi connectivity index (χ0n) is 10.5. The zero-order chi connectivity index (χ0) is 13.1. The molecule has 0 spiro atoms. The quantitative estimate of drug-likeness (QED) is 0.671. The number of esters is 1. The van der Waals surface area contributed by atoms with E-state index in [1.54, 1.807) is 18.7 Å². The van der Waals surface area contributed by atoms with E-state index in [1.807, 2.05) is 6.07 Å². The molecule has 1 unspecified atom stereocenters. The third kappa shape index (κ3) is 2.96. The number of carbonyl (C=O) groups is 2. The van der Waals surface area contributed by atoms with Crippen LogP contribution in [0, 0.1) is 22.7 Å². The largest absolute Gasteiger partial charge is 0.469 e. The molecule has 1 atom stereocenters. The number of hydrogen-bond acceptors (Lipinski definition) is 4. The fourth-order valence-electron chi connectivity index (χ4n) is 1.96. The Bertz CT molecular complexity index is 357. The number of rotatable bonds is 2. The van der Waals surface area contributed by atoms with E-state index in [0.717, 1.165) is 12.8 Å². The van der Waals surface area contributed by atoms with Crippen molar-refractivity contribution >= 4 is 11.9 Å². The summed E-state index contributed by atoms with van der Waals surface area (Å²) in [5, 5.41) is 8.93. The van der Waals surface area contributed by atoms with Crippen molar-refractivity contribution in [1.29, 1.82) is 5.26 Å². The topological polar surface area (TPSA) is 70.4 Å². The second-order valence-corrected chi connectivity index (χ2v) is 4.85. The minimum Gasteiger partial charge on any atom is -0.469 e. The Kier molecular flexibility index (Phi) is 4.11. The molecule has 5 heteroatoms. The van der Waals surface area contributed by atoms with Gasteiger partial charge in [-0.2, -0.15) is 5.26 Å². The average Bonchev–Trinajstić information content (AvgIpc) is 2.36. The summed E-state index contributed by atoms with van der Waals surface area (Å²) < 4.78 is 4.69. The maximum absolute atomic E-state index is 12.1. The van der Waals surface area contributed by atoms with E-state index >= 15 is 0 Å². The lowest BCUT2D eigenvalue weighted by Gasteiger charge is -2.34. The van der Waals surface area contributed by atoms with Crippen molar-refractivity contribution in [3.05, 3.63) is 0 Å². The number of ether oxygens (including phenoxy) is 1. The number of methoxy groups -OCH3 is 1. The first-order valence-electron chi connectivity index (χ1n) is 5.71. The predicted octanol–water partition coefficient (Wildman–Crippen LogP) is 0.948. The number of amides is 1. The monoisotopic (exact) mass is 238 g/mol. The molecular formula is C12H18N2O3. The zero-order valence-corrected chi connectivity index (χ0v) is 10.5. The van der Waals surface area contributed by atoms with E-state index in [4.69, 9.17) is 5.26 Å². The van der Waals surface area contributed by atoms with Gasteiger partial charge < -0.3 is 9.64 Å². The van der Waals surface area contributed by atoms with Crippen molar-refractivity contribution in [2.24, 2.45) is 11.3 Å². The molecule has 0 N–H and O–H groups in total. The molecule has 0 aromatic heterocycles. The van der Waals surface area contributed by atoms with E-state index in [2.05, 4.69) is 4.74 Å². The van der Waals surface area contributed by atoms with Gasteiger partial charge in [0.2, 0.25) is 5.91 Å². The Morgan fingerprint density at radius 3 is 2.65 bits per heavy atom. The Morgan fingerprint density at radius 2 is 2.12 bits per heavy atom. The number of carbonyl (C=O) groups excluding carboxylic acids is 2. The van der Waals surface area contributed by atoms with E-state index in [9.17, 15) is 9.59 Å². The molecule has 1 aliphatic rings. The molecule has 0 bridgehead atoms. The second-order valence-electron chi connectivity index (χ2n) is 4.85. The fraction of sp³-hybridized carbons (Fsp3) is 0.750. The van der Waals surface area contributed by atoms with Gasteiger partial charge in [0.1, 0.15) is 5.41 Å². The van der Waals surface area contributed by atoms with Crippen LogP contribution in [-0.2, 0) is 14.3 Å². The van der Waals surface area contributed by atoms with Crippen LogP contribution < -0.4 is 0 Å². The first-order chi connectivity index (χ1) is 7.92. The van der Waals surface area contributed by atoms with E-state index in [1.165, 1.54) is 7.11 Å². The van der Waals surface area contributed by atoms with Gasteiger partial charge in [-0.3, -0.25) is 9.59 Å². The molecule has 1 aliphatic heterocycles. The second kappa shape index (κ2) is 5.17. The molecule has 94 valence electrons. The minimum atomic E-state index is -1.03. The summed E-state index contributed by atoms with van der Waals surface area (Å²) in [4.78, 5) is 25.1. The summed E-state index contributed by atoms with van der Waals surface area (Å²) in [6, 6.07) is 1.99. The molecule has 0 aromatic rings. The molecule has 1 amide bonds. The lowest BCUT2D eigenvalue weighted by Crippen LogP contribution is -2.47. The molecule has 1 rings (SSSR count). The smallest absolute Gasteiger partial charge is 0.310 e. The van der Waals surface area contributed by atoms with Crippen LogP contribution in [0.15, 0.2) is 0 Å². The number of piperidine rings is 1. The van der Waals surface area contributed by atoms with Gasteiger partial charge in [0.25, 0.3) is 0 Å². The summed E-state index contributed by atoms with van der Waals surface area (Å²) in [6.45, 7) is 4.15. The van der Waals surface area contributed by atoms with Crippen LogP contribution >= 0.6 is 0 Å². The summed E-state index contributed by atoms with van der Waals surface area (Å²) in [7, 11) is 1.35. The number of likely N-dealkylation sites (tertiary alicyclic amines) is 1. The van der Waals surface area contributed by atoms with Crippen LogP contribution in [0.4, 0.5) is 0 Å². The van der Waals surface area contributed by atoms with Crippen LogP contribution in [0.1, 0.15) is 26.7 Å². The van der Waals surface area contributed by atoms with Gasteiger partial charge in [0, 0.05) is 13.1 Å². The van der Waals surface area contributed by atoms with Crippen LogP contribution in [-0.4, -0.2) is 37.0 Å². The van der Waals surface area contributed by atoms with Gasteiger partial charge in [0.15, 0.2) is 0 Å². The number of nitriles is 1. The highest BCUT2D eigenvalue weighted by Gasteiger charge is 2.36. The molecule has 0 aromatic carbocycles. The predicted molar refractivity (Wildman–Crippen MR) is 60.7 cm³/mol. The fourth-order valence-corrected chi connectivity index (χ4v) is 1.96. The van der Waals surface area contributed by atoms with Gasteiger partial charge in [-0.05, 0) is 26.7 Å². The number of nitrogens with zero attached hydrogens (tertiary/aromatic N) is 2. The first kappa shape index (κ1) is 13.5. The van der Waals surface area contributed by atoms with Gasteiger partial charge in [-0.25, -0.2) is 0 Å². The molecule has 5 nitrogen and oxygen atoms in total. The normalized spacial score (nSPS) is 20.6. The third-order valence-corrected chi connectivity index (χ3v) is 3.06. The lowest BCUT2D eigenvalue weighted by atomic mass is 9.90. The van der Waals surface area contributed by atoms with Crippen molar-refractivity contribution in [3.63, 3.8) is 0 Å². The Hall–Kier alpha value is -1.57. The summed E-state index contributed by atoms with van der Waals surface area (Å²) >= 11 is 0. The van der Waals surface area contributed by atoms with Crippen molar-refractivity contribution in [1.82, 2.24) is 4.90 Å². The summed E-state index contributed by atoms with van der Waals surface area (Å²) in [5.41, 5.74) is -1.03. The highest BCUT2D eigenvalue weighted by molar-refractivity contribution is 5.85. The molecule has 0 radical (unpaired) electrons.